The Morgan fingerprint density at radius 1 is 1.00 bits per heavy atom. The summed E-state index contributed by atoms with van der Waals surface area (Å²) >= 11 is 0. The molecule has 0 bridgehead atoms. The van der Waals surface area contributed by atoms with Gasteiger partial charge in [0.25, 0.3) is 0 Å². The van der Waals surface area contributed by atoms with Crippen LogP contribution in [0.2, 0.25) is 0 Å². The number of carbonyl (C=O) groups is 2. The highest BCUT2D eigenvalue weighted by Gasteiger charge is 2.09. The van der Waals surface area contributed by atoms with Crippen molar-refractivity contribution in [1.82, 2.24) is 10.6 Å². The van der Waals surface area contributed by atoms with Gasteiger partial charge in [-0.3, -0.25) is 9.59 Å². The molecule has 0 unspecified atom stereocenters. The molecular weight excluding hydrogens is 132 g/mol. The first-order chi connectivity index (χ1) is 4.72. The monoisotopic (exact) mass is 144 g/mol. The largest absolute Gasteiger partial charge is 0.313 e. The second-order valence-electron chi connectivity index (χ2n) is 1.91. The lowest BCUT2D eigenvalue weighted by molar-refractivity contribution is -0.135. The molecule has 0 heterocycles. The van der Waals surface area contributed by atoms with Gasteiger partial charge in [0.05, 0.1) is 13.1 Å². The summed E-state index contributed by atoms with van der Waals surface area (Å²) in [5.74, 6) is -0.756. The number of nitrogens with one attached hydrogen (secondary N) is 2. The molecule has 0 amide bonds. The van der Waals surface area contributed by atoms with E-state index in [9.17, 15) is 9.59 Å². The van der Waals surface area contributed by atoms with E-state index < -0.39 is 0 Å². The lowest BCUT2D eigenvalue weighted by Gasteiger charge is -1.96. The average Bonchev–Trinajstić information content (AvgIpc) is 1.89. The number of hydrogen-bond donors (Lipinski definition) is 2. The van der Waals surface area contributed by atoms with E-state index in [4.69, 9.17) is 0 Å². The summed E-state index contributed by atoms with van der Waals surface area (Å²) in [7, 11) is 3.26. The maximum atomic E-state index is 10.7. The summed E-state index contributed by atoms with van der Waals surface area (Å²) in [6.45, 7) is 0.251. The lowest BCUT2D eigenvalue weighted by Crippen LogP contribution is -2.32. The van der Waals surface area contributed by atoms with Gasteiger partial charge in [-0.05, 0) is 14.1 Å². The zero-order valence-electron chi connectivity index (χ0n) is 6.23. The van der Waals surface area contributed by atoms with Crippen LogP contribution in [0.3, 0.4) is 0 Å². The molecule has 0 aromatic rings. The van der Waals surface area contributed by atoms with Crippen molar-refractivity contribution in [3.8, 4) is 0 Å². The molecule has 4 heteroatoms. The maximum Gasteiger partial charge on any atom is 0.213 e. The molecule has 0 spiro atoms. The van der Waals surface area contributed by atoms with E-state index in [1.54, 1.807) is 14.1 Å². The molecular formula is C6H12N2O2. The number of likely N-dealkylation sites (N-methyl/N-ethyl adjacent to an activating group) is 2. The summed E-state index contributed by atoms with van der Waals surface area (Å²) in [5.41, 5.74) is 0. The number of ketones is 2. The Balaban J connectivity index is 3.60. The highest BCUT2D eigenvalue weighted by atomic mass is 16.2. The van der Waals surface area contributed by atoms with E-state index >= 15 is 0 Å². The fourth-order valence-corrected chi connectivity index (χ4v) is 0.518. The number of hydrogen-bond acceptors (Lipinski definition) is 4. The number of rotatable bonds is 5. The van der Waals surface area contributed by atoms with Crippen molar-refractivity contribution in [2.45, 2.75) is 0 Å². The minimum absolute atomic E-state index is 0.126. The van der Waals surface area contributed by atoms with Crippen LogP contribution >= 0.6 is 0 Å². The molecule has 0 rings (SSSR count). The first-order valence-electron chi connectivity index (χ1n) is 3.07. The van der Waals surface area contributed by atoms with Gasteiger partial charge in [0, 0.05) is 0 Å². The molecule has 0 aromatic heterocycles. The molecule has 10 heavy (non-hydrogen) atoms. The van der Waals surface area contributed by atoms with Crippen molar-refractivity contribution in [3.63, 3.8) is 0 Å². The van der Waals surface area contributed by atoms with Crippen LogP contribution in [-0.4, -0.2) is 38.8 Å². The van der Waals surface area contributed by atoms with Crippen LogP contribution < -0.4 is 10.6 Å². The quantitative estimate of drug-likeness (QED) is 0.464. The third kappa shape index (κ3) is 3.32. The topological polar surface area (TPSA) is 58.2 Å². The zero-order valence-corrected chi connectivity index (χ0v) is 6.23. The lowest BCUT2D eigenvalue weighted by atomic mass is 10.2. The first kappa shape index (κ1) is 9.26. The molecule has 0 saturated carbocycles. The van der Waals surface area contributed by atoms with E-state index in [1.807, 2.05) is 0 Å². The second kappa shape index (κ2) is 5.08. The Bertz CT molecular complexity index is 118. The molecule has 4 nitrogen and oxygen atoms in total. The highest BCUT2D eigenvalue weighted by Crippen LogP contribution is 1.72. The van der Waals surface area contributed by atoms with Gasteiger partial charge in [-0.1, -0.05) is 0 Å². The molecule has 0 aliphatic rings. The smallest absolute Gasteiger partial charge is 0.213 e. The summed E-state index contributed by atoms with van der Waals surface area (Å²) in [6.07, 6.45) is 0. The molecule has 0 aliphatic heterocycles. The van der Waals surface area contributed by atoms with Crippen LogP contribution in [0.15, 0.2) is 0 Å². The molecule has 0 aromatic carbocycles. The molecule has 2 N–H and O–H groups in total. The normalized spacial score (nSPS) is 9.40. The molecule has 0 fully saturated rings. The van der Waals surface area contributed by atoms with Crippen LogP contribution in [0.4, 0.5) is 0 Å². The molecule has 0 atom stereocenters. The first-order valence-corrected chi connectivity index (χ1v) is 3.07. The fraction of sp³-hybridized carbons (Fsp3) is 0.667. The Hall–Kier alpha value is -0.740. The zero-order chi connectivity index (χ0) is 7.98. The van der Waals surface area contributed by atoms with Gasteiger partial charge in [0.1, 0.15) is 0 Å². The SMILES string of the molecule is CNCC(=O)C(=O)CNC. The highest BCUT2D eigenvalue weighted by molar-refractivity contribution is 6.38. The van der Waals surface area contributed by atoms with E-state index in [0.29, 0.717) is 0 Å². The van der Waals surface area contributed by atoms with E-state index in [2.05, 4.69) is 10.6 Å². The van der Waals surface area contributed by atoms with Gasteiger partial charge in [0.15, 0.2) is 0 Å². The number of carbonyl (C=O) groups excluding carboxylic acids is 2. The average molecular weight is 144 g/mol. The van der Waals surface area contributed by atoms with Gasteiger partial charge in [-0.25, -0.2) is 0 Å². The van der Waals surface area contributed by atoms with Crippen LogP contribution in [0.25, 0.3) is 0 Å². The Morgan fingerprint density at radius 2 is 1.30 bits per heavy atom. The predicted molar refractivity (Wildman–Crippen MR) is 37.9 cm³/mol. The summed E-state index contributed by atoms with van der Waals surface area (Å²) in [6, 6.07) is 0. The summed E-state index contributed by atoms with van der Waals surface area (Å²) < 4.78 is 0. The minimum atomic E-state index is -0.378. The van der Waals surface area contributed by atoms with Crippen molar-refractivity contribution in [1.29, 1.82) is 0 Å². The Morgan fingerprint density at radius 3 is 1.50 bits per heavy atom. The van der Waals surface area contributed by atoms with Crippen LogP contribution in [-0.2, 0) is 9.59 Å². The molecule has 0 radical (unpaired) electrons. The van der Waals surface area contributed by atoms with E-state index in [-0.39, 0.29) is 24.7 Å². The van der Waals surface area contributed by atoms with Crippen molar-refractivity contribution >= 4 is 11.6 Å². The molecule has 0 saturated heterocycles. The van der Waals surface area contributed by atoms with Crippen molar-refractivity contribution in [2.24, 2.45) is 0 Å². The summed E-state index contributed by atoms with van der Waals surface area (Å²) in [4.78, 5) is 21.4. The van der Waals surface area contributed by atoms with Gasteiger partial charge >= 0.3 is 0 Å². The van der Waals surface area contributed by atoms with Crippen LogP contribution in [0, 0.1) is 0 Å². The van der Waals surface area contributed by atoms with Gasteiger partial charge in [-0.15, -0.1) is 0 Å². The third-order valence-electron chi connectivity index (χ3n) is 0.986. The third-order valence-corrected chi connectivity index (χ3v) is 0.986. The van der Waals surface area contributed by atoms with Crippen LogP contribution in [0.5, 0.6) is 0 Å². The fourth-order valence-electron chi connectivity index (χ4n) is 0.518. The number of Topliss-reactive ketones (excluding diaryl/α,β-unsaturated/α-hetero) is 2. The Labute approximate surface area is 60.0 Å². The van der Waals surface area contributed by atoms with Crippen molar-refractivity contribution in [2.75, 3.05) is 27.2 Å². The van der Waals surface area contributed by atoms with Gasteiger partial charge in [-0.2, -0.15) is 0 Å². The summed E-state index contributed by atoms with van der Waals surface area (Å²) in [5, 5.41) is 5.22. The molecule has 58 valence electrons. The standard InChI is InChI=1S/C6H12N2O2/c1-7-3-5(9)6(10)4-8-2/h7-8H,3-4H2,1-2H3. The van der Waals surface area contributed by atoms with E-state index in [0.717, 1.165) is 0 Å². The predicted octanol–water partition coefficient (Wildman–Crippen LogP) is -1.44. The Kier molecular flexibility index (Phi) is 4.70. The molecule has 0 aliphatic carbocycles. The van der Waals surface area contributed by atoms with Gasteiger partial charge < -0.3 is 10.6 Å². The van der Waals surface area contributed by atoms with Crippen molar-refractivity contribution < 1.29 is 9.59 Å². The van der Waals surface area contributed by atoms with Crippen LogP contribution in [0.1, 0.15) is 0 Å². The maximum absolute atomic E-state index is 10.7. The minimum Gasteiger partial charge on any atom is -0.313 e. The van der Waals surface area contributed by atoms with Gasteiger partial charge in [0.2, 0.25) is 11.6 Å². The second-order valence-corrected chi connectivity index (χ2v) is 1.91. The van der Waals surface area contributed by atoms with Crippen molar-refractivity contribution in [3.05, 3.63) is 0 Å². The van der Waals surface area contributed by atoms with E-state index in [1.165, 1.54) is 0 Å².